The minimum absolute atomic E-state index is 0. The van der Waals surface area contributed by atoms with Gasteiger partial charge in [-0.3, -0.25) is 0 Å². The van der Waals surface area contributed by atoms with E-state index in [4.69, 9.17) is 0 Å². The normalized spacial score (nSPS) is 14.0. The zero-order valence-electron chi connectivity index (χ0n) is 4.20. The summed E-state index contributed by atoms with van der Waals surface area (Å²) in [7, 11) is 0. The third kappa shape index (κ3) is 4.67. The van der Waals surface area contributed by atoms with Gasteiger partial charge in [0.2, 0.25) is 0 Å². The Kier molecular flexibility index (Phi) is 10.8. The molecule has 0 aliphatic heterocycles. The van der Waals surface area contributed by atoms with Gasteiger partial charge in [-0.1, -0.05) is 0 Å². The molecule has 43 valence electrons. The number of halogens is 2. The zero-order valence-corrected chi connectivity index (χ0v) is 12.1. The van der Waals surface area contributed by atoms with Crippen LogP contribution in [-0.4, -0.2) is 0 Å². The molecule has 8 heavy (non-hydrogen) atoms. The second-order valence-electron chi connectivity index (χ2n) is 1.32. The molecule has 3 heteroatoms. The van der Waals surface area contributed by atoms with Crippen LogP contribution < -0.4 is 48.0 Å². The minimum atomic E-state index is 0. The van der Waals surface area contributed by atoms with Gasteiger partial charge in [0.05, 0.1) is 0 Å². The van der Waals surface area contributed by atoms with Crippen LogP contribution in [0.4, 0.5) is 0 Å². The Labute approximate surface area is 98.8 Å². The van der Waals surface area contributed by atoms with Crippen molar-refractivity contribution in [1.29, 1.82) is 0 Å². The Hall–Kier alpha value is 1.81. The molecule has 0 spiro atoms. The third-order valence-electron chi connectivity index (χ3n) is 0.771. The van der Waals surface area contributed by atoms with Gasteiger partial charge in [-0.15, -0.1) is 0 Å². The van der Waals surface area contributed by atoms with Crippen LogP contribution in [0.25, 0.3) is 0 Å². The summed E-state index contributed by atoms with van der Waals surface area (Å²) in [6, 6.07) is 0. The molecule has 0 saturated heterocycles. The molecule has 0 N–H and O–H groups in total. The molecule has 0 aromatic heterocycles. The smallest absolute Gasteiger partial charge is 1.00 e. The average molecular weight is 497 g/mol. The van der Waals surface area contributed by atoms with Gasteiger partial charge in [-0.2, -0.15) is 0 Å². The fraction of sp³-hybridized carbons (Fsp3) is 0.200. The Morgan fingerprint density at radius 3 is 2.12 bits per heavy atom. The Bertz CT molecular complexity index is 107. The van der Waals surface area contributed by atoms with Crippen LogP contribution in [0.3, 0.4) is 0 Å². The fourth-order valence-electron chi connectivity index (χ4n) is 0.447. The van der Waals surface area contributed by atoms with E-state index in [-0.39, 0.29) is 48.0 Å². The van der Waals surface area contributed by atoms with Crippen molar-refractivity contribution >= 4 is 0 Å². The first-order chi connectivity index (χ1) is 2.89. The second kappa shape index (κ2) is 6.92. The van der Waals surface area contributed by atoms with E-state index < -0.39 is 0 Å². The summed E-state index contributed by atoms with van der Waals surface area (Å²) >= 11 is 1.25. The third-order valence-corrected chi connectivity index (χ3v) is 2.10. The topological polar surface area (TPSA) is 0 Å². The molecule has 1 rings (SSSR count). The molecule has 0 heterocycles. The molecule has 0 nitrogen and oxygen atoms in total. The van der Waals surface area contributed by atoms with E-state index >= 15 is 0 Å². The fourth-order valence-corrected chi connectivity index (χ4v) is 1.22. The second-order valence-corrected chi connectivity index (χ2v) is 3.63. The van der Waals surface area contributed by atoms with Crippen LogP contribution in [0.5, 0.6) is 0 Å². The van der Waals surface area contributed by atoms with Gasteiger partial charge in [0.25, 0.3) is 0 Å². The first-order valence-corrected chi connectivity index (χ1v) is 3.76. The molecule has 1 aliphatic rings. The van der Waals surface area contributed by atoms with Crippen LogP contribution >= 0.6 is 0 Å². The molecule has 0 saturated carbocycles. The molecule has 0 fully saturated rings. The predicted octanol–water partition coefficient (Wildman–Crippen LogP) is -4.61. The standard InChI is InChI=1S/C5H5.Hf.2HI/c1-2-4-5-3-1;;;/h1-3H,4H2;;2*1H/q;+2;;/p-2. The van der Waals surface area contributed by atoms with Crippen molar-refractivity contribution in [3.8, 4) is 0 Å². The summed E-state index contributed by atoms with van der Waals surface area (Å²) in [5.74, 6) is 0. The summed E-state index contributed by atoms with van der Waals surface area (Å²) < 4.78 is 1.61. The van der Waals surface area contributed by atoms with Crippen LogP contribution in [0.2, 0.25) is 0 Å². The molecule has 0 bridgehead atoms. The van der Waals surface area contributed by atoms with E-state index in [0.29, 0.717) is 0 Å². The monoisotopic (exact) mass is 499 g/mol. The molecule has 1 aliphatic carbocycles. The van der Waals surface area contributed by atoms with Crippen molar-refractivity contribution in [3.63, 3.8) is 0 Å². The molecule has 0 aromatic rings. The first kappa shape index (κ1) is 12.5. The first-order valence-electron chi connectivity index (χ1n) is 1.97. The molecule has 0 aromatic carbocycles. The van der Waals surface area contributed by atoms with Gasteiger partial charge >= 0.3 is 52.4 Å². The van der Waals surface area contributed by atoms with Gasteiger partial charge in [-0.05, 0) is 0 Å². The molecular formula is C5H5HfI2. The van der Waals surface area contributed by atoms with Gasteiger partial charge in [-0.25, -0.2) is 0 Å². The van der Waals surface area contributed by atoms with Gasteiger partial charge in [0.1, 0.15) is 0 Å². The molecule has 0 unspecified atom stereocenters. The van der Waals surface area contributed by atoms with E-state index in [1.807, 2.05) is 0 Å². The maximum atomic E-state index is 2.20. The zero-order chi connectivity index (χ0) is 4.41. The van der Waals surface area contributed by atoms with Gasteiger partial charge in [0.15, 0.2) is 0 Å². The van der Waals surface area contributed by atoms with E-state index in [9.17, 15) is 0 Å². The summed E-state index contributed by atoms with van der Waals surface area (Å²) in [5.41, 5.74) is 0. The summed E-state index contributed by atoms with van der Waals surface area (Å²) in [5, 5.41) is 0. The van der Waals surface area contributed by atoms with Crippen molar-refractivity contribution in [2.75, 3.05) is 0 Å². The maximum absolute atomic E-state index is 2.20. The number of allylic oxidation sites excluding steroid dienone is 4. The Balaban J connectivity index is 0. The van der Waals surface area contributed by atoms with E-state index in [2.05, 4.69) is 18.2 Å². The molecule has 0 amide bonds. The van der Waals surface area contributed by atoms with E-state index in [0.717, 1.165) is 0 Å². The van der Waals surface area contributed by atoms with Crippen LogP contribution in [0, 0.1) is 0 Å². The van der Waals surface area contributed by atoms with E-state index in [1.54, 1.807) is 3.33 Å². The molecule has 0 atom stereocenters. The van der Waals surface area contributed by atoms with Crippen molar-refractivity contribution in [3.05, 3.63) is 21.6 Å². The van der Waals surface area contributed by atoms with Crippen LogP contribution in [0.1, 0.15) is 6.42 Å². The number of hydrogen-bond acceptors (Lipinski definition) is 0. The number of rotatable bonds is 0. The van der Waals surface area contributed by atoms with Crippen molar-refractivity contribution in [1.82, 2.24) is 0 Å². The molecular weight excluding hydrogens is 492 g/mol. The number of hydrogen-bond donors (Lipinski definition) is 0. The summed E-state index contributed by atoms with van der Waals surface area (Å²) in [4.78, 5) is 0. The maximum Gasteiger partial charge on any atom is -1.00 e. The van der Waals surface area contributed by atoms with Gasteiger partial charge < -0.3 is 48.0 Å². The van der Waals surface area contributed by atoms with E-state index in [1.165, 1.54) is 30.8 Å². The predicted molar refractivity (Wildman–Crippen MR) is 21.8 cm³/mol. The SMILES string of the molecule is [Hf+2][C]1=CC=CC1.[I-].[I-]. The largest absolute Gasteiger partial charge is 1.00 e. The minimum Gasteiger partial charge on any atom is -1.00 e. The summed E-state index contributed by atoms with van der Waals surface area (Å²) in [6.07, 6.45) is 7.75. The van der Waals surface area contributed by atoms with Crippen molar-refractivity contribution in [2.24, 2.45) is 0 Å². The quantitative estimate of drug-likeness (QED) is 0.234. The molecule has 0 radical (unpaired) electrons. The Morgan fingerprint density at radius 2 is 2.00 bits per heavy atom. The van der Waals surface area contributed by atoms with Crippen LogP contribution in [0.15, 0.2) is 21.6 Å². The summed E-state index contributed by atoms with van der Waals surface area (Å²) in [6.45, 7) is 0. The Morgan fingerprint density at radius 1 is 1.38 bits per heavy atom. The van der Waals surface area contributed by atoms with Crippen molar-refractivity contribution in [2.45, 2.75) is 6.42 Å². The van der Waals surface area contributed by atoms with Crippen LogP contribution in [-0.2, 0) is 24.4 Å². The average Bonchev–Trinajstić information content (AvgIpc) is 1.86. The van der Waals surface area contributed by atoms with Crippen molar-refractivity contribution < 1.29 is 72.3 Å². The van der Waals surface area contributed by atoms with Gasteiger partial charge in [0, 0.05) is 0 Å².